The second-order valence-corrected chi connectivity index (χ2v) is 6.27. The average Bonchev–Trinajstić information content (AvgIpc) is 2.64. The van der Waals surface area contributed by atoms with Gasteiger partial charge in [0.1, 0.15) is 11.5 Å². The minimum absolute atomic E-state index is 0.286. The molecule has 0 aliphatic rings. The Morgan fingerprint density at radius 2 is 1.08 bits per heavy atom. The summed E-state index contributed by atoms with van der Waals surface area (Å²) in [6.07, 6.45) is 0. The molecule has 3 N–H and O–H groups in total. The number of para-hydroxylation sites is 2. The summed E-state index contributed by atoms with van der Waals surface area (Å²) in [6, 6.07) is 26.7. The molecule has 25 heavy (non-hydrogen) atoms. The van der Waals surface area contributed by atoms with E-state index in [4.69, 9.17) is 14.8 Å². The second kappa shape index (κ2) is 9.64. The molecular formula is C19H20NO4P. The molecule has 0 unspecified atom stereocenters. The molecule has 3 aromatic carbocycles. The van der Waals surface area contributed by atoms with E-state index in [1.54, 1.807) is 60.7 Å². The maximum atomic E-state index is 11.7. The summed E-state index contributed by atoms with van der Waals surface area (Å²) in [5.74, 6) is 0.573. The van der Waals surface area contributed by atoms with Crippen molar-refractivity contribution in [3.63, 3.8) is 0 Å². The number of hydrogen-bond acceptors (Lipinski definition) is 4. The Hall–Kier alpha value is -2.59. The lowest BCUT2D eigenvalue weighted by Crippen LogP contribution is -1.99. The first-order valence-corrected chi connectivity index (χ1v) is 9.15. The van der Waals surface area contributed by atoms with Crippen molar-refractivity contribution in [2.45, 2.75) is 6.54 Å². The highest BCUT2D eigenvalue weighted by Gasteiger charge is 2.24. The van der Waals surface area contributed by atoms with Gasteiger partial charge in [-0.05, 0) is 29.8 Å². The summed E-state index contributed by atoms with van der Waals surface area (Å²) in [4.78, 5) is 9.53. The molecule has 0 radical (unpaired) electrons. The first-order chi connectivity index (χ1) is 12.1. The van der Waals surface area contributed by atoms with E-state index in [1.807, 2.05) is 30.3 Å². The van der Waals surface area contributed by atoms with Crippen LogP contribution in [0, 0.1) is 0 Å². The minimum Gasteiger partial charge on any atom is -0.395 e. The lowest BCUT2D eigenvalue weighted by Gasteiger charge is -2.13. The van der Waals surface area contributed by atoms with E-state index in [2.05, 4.69) is 0 Å². The van der Waals surface area contributed by atoms with Crippen LogP contribution in [0.15, 0.2) is 91.0 Å². The topological polar surface area (TPSA) is 81.8 Å². The highest BCUT2D eigenvalue weighted by atomic mass is 31.2. The third kappa shape index (κ3) is 7.23. The van der Waals surface area contributed by atoms with Crippen LogP contribution in [0.1, 0.15) is 5.56 Å². The lowest BCUT2D eigenvalue weighted by atomic mass is 10.2. The maximum Gasteiger partial charge on any atom is 0.584 e. The molecule has 0 saturated heterocycles. The van der Waals surface area contributed by atoms with Gasteiger partial charge in [-0.3, -0.25) is 4.89 Å². The summed E-state index contributed by atoms with van der Waals surface area (Å²) < 4.78 is 21.5. The van der Waals surface area contributed by atoms with Crippen LogP contribution in [0.5, 0.6) is 11.5 Å². The number of phosphoric ester groups is 1. The highest BCUT2D eigenvalue weighted by Crippen LogP contribution is 2.44. The smallest absolute Gasteiger partial charge is 0.395 e. The quantitative estimate of drug-likeness (QED) is 0.662. The number of rotatable bonds is 5. The Balaban J connectivity index is 0.000000236. The maximum absolute atomic E-state index is 11.7. The molecule has 0 aliphatic heterocycles. The van der Waals surface area contributed by atoms with E-state index in [1.165, 1.54) is 5.56 Å². The predicted molar refractivity (Wildman–Crippen MR) is 98.3 cm³/mol. The fourth-order valence-corrected chi connectivity index (χ4v) is 2.68. The second-order valence-electron chi connectivity index (χ2n) is 4.97. The molecule has 130 valence electrons. The molecule has 0 atom stereocenters. The predicted octanol–water partition coefficient (Wildman–Crippen LogP) is 4.39. The van der Waals surface area contributed by atoms with Crippen LogP contribution >= 0.6 is 7.82 Å². The Bertz CT molecular complexity index is 737. The van der Waals surface area contributed by atoms with Crippen molar-refractivity contribution < 1.29 is 18.5 Å². The molecule has 3 aromatic rings. The van der Waals surface area contributed by atoms with Crippen molar-refractivity contribution in [2.24, 2.45) is 5.73 Å². The first kappa shape index (κ1) is 18.7. The zero-order chi connectivity index (χ0) is 18.0. The van der Waals surface area contributed by atoms with Crippen molar-refractivity contribution >= 4 is 7.82 Å². The molecule has 0 amide bonds. The van der Waals surface area contributed by atoms with Gasteiger partial charge in [0.15, 0.2) is 0 Å². The van der Waals surface area contributed by atoms with E-state index in [-0.39, 0.29) is 11.5 Å². The van der Waals surface area contributed by atoms with Crippen molar-refractivity contribution in [2.75, 3.05) is 0 Å². The summed E-state index contributed by atoms with van der Waals surface area (Å²) in [7, 11) is -4.14. The molecule has 0 heterocycles. The van der Waals surface area contributed by atoms with Crippen molar-refractivity contribution in [1.29, 1.82) is 0 Å². The zero-order valence-electron chi connectivity index (χ0n) is 13.6. The molecule has 0 aromatic heterocycles. The third-order valence-electron chi connectivity index (χ3n) is 3.01. The minimum atomic E-state index is -4.14. The van der Waals surface area contributed by atoms with Gasteiger partial charge >= 0.3 is 7.82 Å². The van der Waals surface area contributed by atoms with Gasteiger partial charge in [-0.25, -0.2) is 4.57 Å². The summed E-state index contributed by atoms with van der Waals surface area (Å²) in [6.45, 7) is 0.640. The fraction of sp³-hybridized carbons (Fsp3) is 0.0526. The van der Waals surface area contributed by atoms with Gasteiger partial charge in [-0.1, -0.05) is 66.7 Å². The molecule has 0 bridgehead atoms. The Kier molecular flexibility index (Phi) is 7.23. The number of benzene rings is 3. The van der Waals surface area contributed by atoms with Crippen LogP contribution in [0.2, 0.25) is 0 Å². The normalized spacial score (nSPS) is 10.3. The molecule has 0 aliphatic carbocycles. The van der Waals surface area contributed by atoms with Crippen LogP contribution in [-0.4, -0.2) is 4.89 Å². The van der Waals surface area contributed by atoms with Crippen molar-refractivity contribution in [3.8, 4) is 11.5 Å². The molecular weight excluding hydrogens is 337 g/mol. The standard InChI is InChI=1S/C12H11O4P.C7H9N/c13-17(14,15-11-7-3-1-4-8-11)16-12-9-5-2-6-10-12;8-6-7-4-2-1-3-5-7/h1-10H,(H,13,14);1-5H,6,8H2. The lowest BCUT2D eigenvalue weighted by molar-refractivity contribution is 0.291. The summed E-state index contributed by atoms with van der Waals surface area (Å²) in [5, 5.41) is 0. The summed E-state index contributed by atoms with van der Waals surface area (Å²) >= 11 is 0. The van der Waals surface area contributed by atoms with Gasteiger partial charge < -0.3 is 14.8 Å². The van der Waals surface area contributed by atoms with Crippen LogP contribution in [0.4, 0.5) is 0 Å². The molecule has 0 spiro atoms. The van der Waals surface area contributed by atoms with Crippen molar-refractivity contribution in [1.82, 2.24) is 0 Å². The molecule has 0 fully saturated rings. The Morgan fingerprint density at radius 1 is 0.720 bits per heavy atom. The van der Waals surface area contributed by atoms with E-state index in [0.717, 1.165) is 0 Å². The molecule has 0 saturated carbocycles. The van der Waals surface area contributed by atoms with Crippen LogP contribution in [0.3, 0.4) is 0 Å². The van der Waals surface area contributed by atoms with E-state index < -0.39 is 7.82 Å². The van der Waals surface area contributed by atoms with Gasteiger partial charge in [0.25, 0.3) is 0 Å². The highest BCUT2D eigenvalue weighted by molar-refractivity contribution is 7.48. The Labute approximate surface area is 147 Å². The summed E-state index contributed by atoms with van der Waals surface area (Å²) in [5.41, 5.74) is 6.54. The molecule has 5 nitrogen and oxygen atoms in total. The van der Waals surface area contributed by atoms with E-state index >= 15 is 0 Å². The van der Waals surface area contributed by atoms with Crippen LogP contribution in [0.25, 0.3) is 0 Å². The van der Waals surface area contributed by atoms with Crippen LogP contribution in [-0.2, 0) is 11.1 Å². The number of hydrogen-bond donors (Lipinski definition) is 2. The SMILES string of the molecule is NCc1ccccc1.O=P(O)(Oc1ccccc1)Oc1ccccc1. The fourth-order valence-electron chi connectivity index (χ4n) is 1.86. The monoisotopic (exact) mass is 357 g/mol. The third-order valence-corrected chi connectivity index (χ3v) is 3.89. The number of phosphoric acid groups is 1. The zero-order valence-corrected chi connectivity index (χ0v) is 14.5. The van der Waals surface area contributed by atoms with Gasteiger partial charge in [0.2, 0.25) is 0 Å². The van der Waals surface area contributed by atoms with Gasteiger partial charge in [0, 0.05) is 6.54 Å². The van der Waals surface area contributed by atoms with Crippen LogP contribution < -0.4 is 14.8 Å². The Morgan fingerprint density at radius 3 is 1.40 bits per heavy atom. The van der Waals surface area contributed by atoms with Crippen molar-refractivity contribution in [3.05, 3.63) is 96.6 Å². The van der Waals surface area contributed by atoms with Gasteiger partial charge in [-0.15, -0.1) is 0 Å². The van der Waals surface area contributed by atoms with E-state index in [0.29, 0.717) is 6.54 Å². The van der Waals surface area contributed by atoms with Gasteiger partial charge in [-0.2, -0.15) is 0 Å². The average molecular weight is 357 g/mol. The molecule has 6 heteroatoms. The first-order valence-electron chi connectivity index (χ1n) is 7.65. The van der Waals surface area contributed by atoms with Gasteiger partial charge in [0.05, 0.1) is 0 Å². The largest absolute Gasteiger partial charge is 0.584 e. The number of nitrogens with two attached hydrogens (primary N) is 1. The molecule has 3 rings (SSSR count). The van der Waals surface area contributed by atoms with E-state index in [9.17, 15) is 9.46 Å².